The molecule has 1 saturated carbocycles. The zero-order valence-electron chi connectivity index (χ0n) is 15.0. The first-order valence-electron chi connectivity index (χ1n) is 8.93. The van der Waals surface area contributed by atoms with Crippen molar-refractivity contribution < 1.29 is 14.3 Å². The van der Waals surface area contributed by atoms with Gasteiger partial charge in [-0.25, -0.2) is 0 Å². The number of methoxy groups -OCH3 is 1. The molecule has 132 valence electrons. The van der Waals surface area contributed by atoms with E-state index in [2.05, 4.69) is 43.3 Å². The maximum absolute atomic E-state index is 12.7. The molecular formula is C22H26O3. The normalized spacial score (nSPS) is 22.7. The highest BCUT2D eigenvalue weighted by Gasteiger charge is 2.50. The molecule has 1 fully saturated rings. The standard InChI is InChI=1S/C22H26O3/c1-17-10-12-18(13-11-17)15-22(21(23)24-2)14-6-9-20(22)25-16-19-7-4-3-5-8-19/h3-5,7-8,10-13,20H,6,9,14-16H2,1-2H3. The summed E-state index contributed by atoms with van der Waals surface area (Å²) in [6, 6.07) is 18.5. The van der Waals surface area contributed by atoms with Crippen molar-refractivity contribution in [2.75, 3.05) is 7.11 Å². The summed E-state index contributed by atoms with van der Waals surface area (Å²) >= 11 is 0. The molecule has 3 rings (SSSR count). The van der Waals surface area contributed by atoms with E-state index < -0.39 is 5.41 Å². The predicted molar refractivity (Wildman–Crippen MR) is 98.2 cm³/mol. The Balaban J connectivity index is 1.79. The van der Waals surface area contributed by atoms with Crippen LogP contribution in [0.4, 0.5) is 0 Å². The Morgan fingerprint density at radius 3 is 2.48 bits per heavy atom. The van der Waals surface area contributed by atoms with Gasteiger partial charge in [-0.1, -0.05) is 60.2 Å². The van der Waals surface area contributed by atoms with Gasteiger partial charge < -0.3 is 9.47 Å². The van der Waals surface area contributed by atoms with E-state index in [1.165, 1.54) is 12.7 Å². The summed E-state index contributed by atoms with van der Waals surface area (Å²) in [6.45, 7) is 2.60. The van der Waals surface area contributed by atoms with Gasteiger partial charge in [0.15, 0.2) is 0 Å². The molecular weight excluding hydrogens is 312 g/mol. The van der Waals surface area contributed by atoms with Crippen molar-refractivity contribution >= 4 is 5.97 Å². The highest BCUT2D eigenvalue weighted by molar-refractivity contribution is 5.78. The molecule has 3 nitrogen and oxygen atoms in total. The zero-order chi connectivity index (χ0) is 17.7. The number of aryl methyl sites for hydroxylation is 1. The Kier molecular flexibility index (Phi) is 5.54. The van der Waals surface area contributed by atoms with Gasteiger partial charge in [0.2, 0.25) is 0 Å². The molecule has 0 N–H and O–H groups in total. The summed E-state index contributed by atoms with van der Waals surface area (Å²) in [5.41, 5.74) is 2.92. The third-order valence-electron chi connectivity index (χ3n) is 5.23. The van der Waals surface area contributed by atoms with Crippen molar-refractivity contribution in [3.05, 3.63) is 71.3 Å². The van der Waals surface area contributed by atoms with E-state index in [4.69, 9.17) is 9.47 Å². The van der Waals surface area contributed by atoms with Crippen molar-refractivity contribution in [1.29, 1.82) is 0 Å². The van der Waals surface area contributed by atoms with Crippen molar-refractivity contribution in [2.24, 2.45) is 5.41 Å². The zero-order valence-corrected chi connectivity index (χ0v) is 15.0. The molecule has 0 amide bonds. The molecule has 2 aromatic rings. The topological polar surface area (TPSA) is 35.5 Å². The number of benzene rings is 2. The Labute approximate surface area is 150 Å². The summed E-state index contributed by atoms with van der Waals surface area (Å²) in [4.78, 5) is 12.7. The van der Waals surface area contributed by atoms with E-state index in [0.29, 0.717) is 13.0 Å². The average Bonchev–Trinajstić information content (AvgIpc) is 3.05. The van der Waals surface area contributed by atoms with Gasteiger partial charge in [0.1, 0.15) is 0 Å². The Morgan fingerprint density at radius 1 is 1.08 bits per heavy atom. The highest BCUT2D eigenvalue weighted by Crippen LogP contribution is 2.44. The van der Waals surface area contributed by atoms with Crippen molar-refractivity contribution in [2.45, 2.75) is 45.3 Å². The quantitative estimate of drug-likeness (QED) is 0.729. The van der Waals surface area contributed by atoms with E-state index in [9.17, 15) is 4.79 Å². The van der Waals surface area contributed by atoms with E-state index in [-0.39, 0.29) is 12.1 Å². The van der Waals surface area contributed by atoms with Gasteiger partial charge in [0, 0.05) is 0 Å². The first kappa shape index (κ1) is 17.7. The third-order valence-corrected chi connectivity index (χ3v) is 5.23. The van der Waals surface area contributed by atoms with Crippen LogP contribution in [0.2, 0.25) is 0 Å². The molecule has 2 atom stereocenters. The fourth-order valence-corrected chi connectivity index (χ4v) is 3.84. The van der Waals surface area contributed by atoms with Gasteiger partial charge in [-0.3, -0.25) is 4.79 Å². The van der Waals surface area contributed by atoms with Gasteiger partial charge in [-0.2, -0.15) is 0 Å². The predicted octanol–water partition coefficient (Wildman–Crippen LogP) is 4.47. The lowest BCUT2D eigenvalue weighted by Crippen LogP contribution is -2.42. The third kappa shape index (κ3) is 3.93. The molecule has 0 radical (unpaired) electrons. The maximum Gasteiger partial charge on any atom is 0.314 e. The molecule has 0 heterocycles. The second-order valence-corrected chi connectivity index (χ2v) is 6.99. The Bertz CT molecular complexity index is 693. The SMILES string of the molecule is COC(=O)C1(Cc2ccc(C)cc2)CCCC1OCc1ccccc1. The summed E-state index contributed by atoms with van der Waals surface area (Å²) < 4.78 is 11.4. The molecule has 2 unspecified atom stereocenters. The van der Waals surface area contributed by atoms with Crippen LogP contribution in [0.1, 0.15) is 36.0 Å². The number of hydrogen-bond acceptors (Lipinski definition) is 3. The highest BCUT2D eigenvalue weighted by atomic mass is 16.5. The van der Waals surface area contributed by atoms with Crippen LogP contribution in [0.3, 0.4) is 0 Å². The molecule has 2 aromatic carbocycles. The second kappa shape index (κ2) is 7.83. The van der Waals surface area contributed by atoms with Crippen LogP contribution in [0.25, 0.3) is 0 Å². The molecule has 1 aliphatic carbocycles. The van der Waals surface area contributed by atoms with Gasteiger partial charge in [-0.05, 0) is 43.7 Å². The van der Waals surface area contributed by atoms with Crippen molar-refractivity contribution in [3.63, 3.8) is 0 Å². The van der Waals surface area contributed by atoms with Crippen LogP contribution in [0.15, 0.2) is 54.6 Å². The minimum atomic E-state index is -0.585. The van der Waals surface area contributed by atoms with Gasteiger partial charge in [0.25, 0.3) is 0 Å². The van der Waals surface area contributed by atoms with Gasteiger partial charge >= 0.3 is 5.97 Å². The fraction of sp³-hybridized carbons (Fsp3) is 0.409. The number of rotatable bonds is 6. The van der Waals surface area contributed by atoms with Crippen LogP contribution < -0.4 is 0 Å². The van der Waals surface area contributed by atoms with Crippen molar-refractivity contribution in [1.82, 2.24) is 0 Å². The molecule has 0 aromatic heterocycles. The lowest BCUT2D eigenvalue weighted by molar-refractivity contribution is -0.162. The lowest BCUT2D eigenvalue weighted by Gasteiger charge is -2.33. The molecule has 1 aliphatic rings. The minimum absolute atomic E-state index is 0.110. The van der Waals surface area contributed by atoms with E-state index in [1.807, 2.05) is 18.2 Å². The van der Waals surface area contributed by atoms with Crippen molar-refractivity contribution in [3.8, 4) is 0 Å². The first-order valence-corrected chi connectivity index (χ1v) is 8.93. The number of ether oxygens (including phenoxy) is 2. The Morgan fingerprint density at radius 2 is 1.80 bits per heavy atom. The van der Waals surface area contributed by atoms with Gasteiger partial charge in [-0.15, -0.1) is 0 Å². The van der Waals surface area contributed by atoms with Gasteiger partial charge in [0.05, 0.1) is 25.2 Å². The number of carbonyl (C=O) groups is 1. The molecule has 0 spiro atoms. The van der Waals surface area contributed by atoms with Crippen LogP contribution in [-0.4, -0.2) is 19.2 Å². The van der Waals surface area contributed by atoms with Crippen LogP contribution in [-0.2, 0) is 27.3 Å². The largest absolute Gasteiger partial charge is 0.469 e. The Hall–Kier alpha value is -2.13. The molecule has 0 aliphatic heterocycles. The first-order chi connectivity index (χ1) is 12.1. The molecule has 3 heteroatoms. The monoisotopic (exact) mass is 338 g/mol. The maximum atomic E-state index is 12.7. The van der Waals surface area contributed by atoms with Crippen LogP contribution in [0, 0.1) is 12.3 Å². The van der Waals surface area contributed by atoms with Crippen LogP contribution in [0.5, 0.6) is 0 Å². The van der Waals surface area contributed by atoms with E-state index >= 15 is 0 Å². The average molecular weight is 338 g/mol. The fourth-order valence-electron chi connectivity index (χ4n) is 3.84. The smallest absolute Gasteiger partial charge is 0.314 e. The molecule has 0 saturated heterocycles. The van der Waals surface area contributed by atoms with E-state index in [0.717, 1.165) is 30.4 Å². The second-order valence-electron chi connectivity index (χ2n) is 6.99. The number of hydrogen-bond donors (Lipinski definition) is 0. The summed E-state index contributed by atoms with van der Waals surface area (Å²) in [7, 11) is 1.48. The summed E-state index contributed by atoms with van der Waals surface area (Å²) in [5, 5.41) is 0. The van der Waals surface area contributed by atoms with Crippen LogP contribution >= 0.6 is 0 Å². The lowest BCUT2D eigenvalue weighted by atomic mass is 9.78. The molecule has 25 heavy (non-hydrogen) atoms. The number of esters is 1. The van der Waals surface area contributed by atoms with E-state index in [1.54, 1.807) is 0 Å². The number of carbonyl (C=O) groups excluding carboxylic acids is 1. The summed E-state index contributed by atoms with van der Waals surface area (Å²) in [6.07, 6.45) is 3.25. The minimum Gasteiger partial charge on any atom is -0.469 e. The molecule has 0 bridgehead atoms. The summed E-state index contributed by atoms with van der Waals surface area (Å²) in [5.74, 6) is -0.149.